The third-order valence-electron chi connectivity index (χ3n) is 3.02. The number of ether oxygens (including phenoxy) is 2. The molecule has 0 atom stereocenters. The number of nitrogens with one attached hydrogen (secondary N) is 1. The number of aromatic nitrogens is 2. The highest BCUT2D eigenvalue weighted by Crippen LogP contribution is 2.29. The fourth-order valence-electron chi connectivity index (χ4n) is 1.98. The van der Waals surface area contributed by atoms with E-state index in [2.05, 4.69) is 17.3 Å². The van der Waals surface area contributed by atoms with Crippen LogP contribution in [0.4, 0.5) is 5.69 Å². The van der Waals surface area contributed by atoms with Crippen LogP contribution >= 0.6 is 0 Å². The second kappa shape index (κ2) is 6.84. The number of benzene rings is 1. The number of nitrogens with zero attached hydrogens (tertiary/aromatic N) is 2. The van der Waals surface area contributed by atoms with E-state index in [4.69, 9.17) is 9.47 Å². The van der Waals surface area contributed by atoms with Crippen molar-refractivity contribution >= 4 is 5.69 Å². The van der Waals surface area contributed by atoms with Gasteiger partial charge in [0, 0.05) is 18.8 Å². The Labute approximate surface area is 119 Å². The van der Waals surface area contributed by atoms with Crippen molar-refractivity contribution < 1.29 is 9.47 Å². The zero-order valence-electron chi connectivity index (χ0n) is 12.2. The summed E-state index contributed by atoms with van der Waals surface area (Å²) in [5.41, 5.74) is 1.94. The maximum absolute atomic E-state index is 5.35. The average Bonchev–Trinajstić information content (AvgIpc) is 2.93. The monoisotopic (exact) mass is 275 g/mol. The summed E-state index contributed by atoms with van der Waals surface area (Å²) in [6.07, 6.45) is 3.09. The molecular formula is C15H21N3O2. The predicted octanol–water partition coefficient (Wildman–Crippen LogP) is 2.92. The van der Waals surface area contributed by atoms with Crippen molar-refractivity contribution in [3.8, 4) is 11.5 Å². The first kappa shape index (κ1) is 14.2. The van der Waals surface area contributed by atoms with E-state index in [1.54, 1.807) is 14.2 Å². The fourth-order valence-corrected chi connectivity index (χ4v) is 1.98. The van der Waals surface area contributed by atoms with Crippen molar-refractivity contribution in [2.45, 2.75) is 26.4 Å². The van der Waals surface area contributed by atoms with E-state index in [0.717, 1.165) is 35.8 Å². The van der Waals surface area contributed by atoms with Gasteiger partial charge in [-0.2, -0.15) is 5.10 Å². The van der Waals surface area contributed by atoms with Gasteiger partial charge in [0.25, 0.3) is 0 Å². The lowest BCUT2D eigenvalue weighted by atomic mass is 10.2. The molecule has 0 aliphatic heterocycles. The van der Waals surface area contributed by atoms with Gasteiger partial charge in [-0.3, -0.25) is 4.68 Å². The molecule has 0 unspecified atom stereocenters. The molecule has 0 spiro atoms. The zero-order valence-corrected chi connectivity index (χ0v) is 12.2. The van der Waals surface area contributed by atoms with Gasteiger partial charge in [0.15, 0.2) is 0 Å². The molecule has 108 valence electrons. The number of methoxy groups -OCH3 is 2. The highest BCUT2D eigenvalue weighted by Gasteiger charge is 2.05. The molecule has 0 radical (unpaired) electrons. The van der Waals surface area contributed by atoms with Gasteiger partial charge in [-0.1, -0.05) is 6.92 Å². The standard InChI is InChI=1S/C15H21N3O2/c1-4-8-18-9-7-12(17-18)11-16-14-6-5-13(19-2)10-15(14)20-3/h5-7,9-10,16H,4,8,11H2,1-3H3. The Morgan fingerprint density at radius 1 is 1.20 bits per heavy atom. The summed E-state index contributed by atoms with van der Waals surface area (Å²) in [7, 11) is 3.29. The normalized spacial score (nSPS) is 10.3. The minimum atomic E-state index is 0.666. The summed E-state index contributed by atoms with van der Waals surface area (Å²) >= 11 is 0. The van der Waals surface area contributed by atoms with Crippen LogP contribution < -0.4 is 14.8 Å². The summed E-state index contributed by atoms with van der Waals surface area (Å²) < 4.78 is 12.5. The quantitative estimate of drug-likeness (QED) is 0.844. The van der Waals surface area contributed by atoms with Gasteiger partial charge in [0.1, 0.15) is 11.5 Å². The van der Waals surface area contributed by atoms with Gasteiger partial charge < -0.3 is 14.8 Å². The molecule has 1 N–H and O–H groups in total. The summed E-state index contributed by atoms with van der Waals surface area (Å²) in [6.45, 7) is 3.76. The first-order valence-electron chi connectivity index (χ1n) is 6.75. The van der Waals surface area contributed by atoms with Gasteiger partial charge in [0.05, 0.1) is 32.1 Å². The van der Waals surface area contributed by atoms with Crippen molar-refractivity contribution in [3.63, 3.8) is 0 Å². The maximum Gasteiger partial charge on any atom is 0.145 e. The van der Waals surface area contributed by atoms with Crippen LogP contribution in [0.5, 0.6) is 11.5 Å². The second-order valence-electron chi connectivity index (χ2n) is 4.49. The molecule has 0 bridgehead atoms. The number of hydrogen-bond acceptors (Lipinski definition) is 4. The first-order chi connectivity index (χ1) is 9.76. The average molecular weight is 275 g/mol. The van der Waals surface area contributed by atoms with Crippen LogP contribution in [0.15, 0.2) is 30.5 Å². The van der Waals surface area contributed by atoms with E-state index >= 15 is 0 Å². The van der Waals surface area contributed by atoms with Crippen LogP contribution in [0.2, 0.25) is 0 Å². The number of rotatable bonds is 7. The minimum absolute atomic E-state index is 0.666. The second-order valence-corrected chi connectivity index (χ2v) is 4.49. The molecule has 1 aromatic carbocycles. The Morgan fingerprint density at radius 2 is 2.05 bits per heavy atom. The molecular weight excluding hydrogens is 254 g/mol. The molecule has 0 fully saturated rings. The molecule has 20 heavy (non-hydrogen) atoms. The summed E-state index contributed by atoms with van der Waals surface area (Å²) in [5.74, 6) is 1.54. The molecule has 0 saturated carbocycles. The van der Waals surface area contributed by atoms with E-state index in [9.17, 15) is 0 Å². The Balaban J connectivity index is 2.02. The molecule has 2 aromatic rings. The van der Waals surface area contributed by atoms with Gasteiger partial charge in [0.2, 0.25) is 0 Å². The minimum Gasteiger partial charge on any atom is -0.497 e. The van der Waals surface area contributed by atoms with E-state index in [1.165, 1.54) is 0 Å². The van der Waals surface area contributed by atoms with Crippen molar-refractivity contribution in [2.75, 3.05) is 19.5 Å². The lowest BCUT2D eigenvalue weighted by Gasteiger charge is -2.11. The van der Waals surface area contributed by atoms with Crippen LogP contribution in [0, 0.1) is 0 Å². The molecule has 1 aromatic heterocycles. The summed E-state index contributed by atoms with van der Waals surface area (Å²) in [5, 5.41) is 7.82. The third kappa shape index (κ3) is 3.44. The van der Waals surface area contributed by atoms with Crippen molar-refractivity contribution in [1.82, 2.24) is 9.78 Å². The van der Waals surface area contributed by atoms with E-state index in [1.807, 2.05) is 35.1 Å². The maximum atomic E-state index is 5.35. The lowest BCUT2D eigenvalue weighted by Crippen LogP contribution is -2.04. The predicted molar refractivity (Wildman–Crippen MR) is 79.4 cm³/mol. The highest BCUT2D eigenvalue weighted by molar-refractivity contribution is 5.59. The summed E-state index contributed by atoms with van der Waals surface area (Å²) in [6, 6.07) is 7.73. The van der Waals surface area contributed by atoms with Crippen molar-refractivity contribution in [2.24, 2.45) is 0 Å². The van der Waals surface area contributed by atoms with Crippen molar-refractivity contribution in [3.05, 3.63) is 36.2 Å². The molecule has 0 saturated heterocycles. The first-order valence-corrected chi connectivity index (χ1v) is 6.75. The van der Waals surface area contributed by atoms with Gasteiger partial charge in [-0.25, -0.2) is 0 Å². The number of hydrogen-bond donors (Lipinski definition) is 1. The van der Waals surface area contributed by atoms with E-state index in [0.29, 0.717) is 6.54 Å². The van der Waals surface area contributed by atoms with Gasteiger partial charge in [-0.05, 0) is 24.6 Å². The van der Waals surface area contributed by atoms with E-state index in [-0.39, 0.29) is 0 Å². The van der Waals surface area contributed by atoms with Gasteiger partial charge >= 0.3 is 0 Å². The molecule has 1 heterocycles. The van der Waals surface area contributed by atoms with E-state index < -0.39 is 0 Å². The fraction of sp³-hybridized carbons (Fsp3) is 0.400. The van der Waals surface area contributed by atoms with Crippen molar-refractivity contribution in [1.29, 1.82) is 0 Å². The Kier molecular flexibility index (Phi) is 4.87. The molecule has 5 nitrogen and oxygen atoms in total. The number of aryl methyl sites for hydroxylation is 1. The molecule has 0 aliphatic carbocycles. The van der Waals surface area contributed by atoms with Crippen LogP contribution in [-0.4, -0.2) is 24.0 Å². The number of anilines is 1. The Morgan fingerprint density at radius 3 is 2.75 bits per heavy atom. The SMILES string of the molecule is CCCn1ccc(CNc2ccc(OC)cc2OC)n1. The smallest absolute Gasteiger partial charge is 0.145 e. The van der Waals surface area contributed by atoms with Crippen LogP contribution in [0.3, 0.4) is 0 Å². The Hall–Kier alpha value is -2.17. The third-order valence-corrected chi connectivity index (χ3v) is 3.02. The molecule has 0 amide bonds. The largest absolute Gasteiger partial charge is 0.497 e. The zero-order chi connectivity index (χ0) is 14.4. The highest BCUT2D eigenvalue weighted by atomic mass is 16.5. The molecule has 5 heteroatoms. The molecule has 2 rings (SSSR count). The van der Waals surface area contributed by atoms with Crippen LogP contribution in [0.1, 0.15) is 19.0 Å². The van der Waals surface area contributed by atoms with Gasteiger partial charge in [-0.15, -0.1) is 0 Å². The summed E-state index contributed by atoms with van der Waals surface area (Å²) in [4.78, 5) is 0. The molecule has 0 aliphatic rings. The lowest BCUT2D eigenvalue weighted by molar-refractivity contribution is 0.395. The van der Waals surface area contributed by atoms with Crippen LogP contribution in [0.25, 0.3) is 0 Å². The topological polar surface area (TPSA) is 48.3 Å². The Bertz CT molecular complexity index is 552. The van der Waals surface area contributed by atoms with Crippen LogP contribution in [-0.2, 0) is 13.1 Å².